The van der Waals surface area contributed by atoms with Crippen LogP contribution in [0.15, 0.2) is 36.7 Å². The lowest BCUT2D eigenvalue weighted by atomic mass is 9.92. The molecule has 146 valence electrons. The van der Waals surface area contributed by atoms with Crippen molar-refractivity contribution in [2.75, 3.05) is 24.5 Å². The van der Waals surface area contributed by atoms with E-state index in [-0.39, 0.29) is 0 Å². The first-order valence-electron chi connectivity index (χ1n) is 9.32. The number of nitriles is 1. The van der Waals surface area contributed by atoms with Gasteiger partial charge >= 0.3 is 6.18 Å². The lowest BCUT2D eigenvalue weighted by molar-refractivity contribution is -0.141. The van der Waals surface area contributed by atoms with Gasteiger partial charge in [0.2, 0.25) is 0 Å². The summed E-state index contributed by atoms with van der Waals surface area (Å²) in [5.41, 5.74) is 0.484. The van der Waals surface area contributed by atoms with E-state index in [1.165, 1.54) is 12.3 Å². The molecule has 2 aliphatic rings. The fourth-order valence-electron chi connectivity index (χ4n) is 4.27. The maximum absolute atomic E-state index is 12.7. The Morgan fingerprint density at radius 2 is 1.96 bits per heavy atom. The third-order valence-corrected chi connectivity index (χ3v) is 5.69. The van der Waals surface area contributed by atoms with Crippen molar-refractivity contribution in [1.82, 2.24) is 14.9 Å². The van der Waals surface area contributed by atoms with Gasteiger partial charge in [0.1, 0.15) is 17.6 Å². The van der Waals surface area contributed by atoms with Gasteiger partial charge < -0.3 is 4.90 Å². The Morgan fingerprint density at radius 3 is 2.68 bits per heavy atom. The quantitative estimate of drug-likeness (QED) is 0.807. The van der Waals surface area contributed by atoms with Crippen molar-refractivity contribution in [3.05, 3.63) is 53.5 Å². The van der Waals surface area contributed by atoms with E-state index in [1.807, 2.05) is 0 Å². The van der Waals surface area contributed by atoms with E-state index in [4.69, 9.17) is 0 Å². The van der Waals surface area contributed by atoms with Crippen molar-refractivity contribution in [2.45, 2.75) is 31.6 Å². The van der Waals surface area contributed by atoms with Gasteiger partial charge in [0.25, 0.3) is 0 Å². The van der Waals surface area contributed by atoms with Gasteiger partial charge in [-0.1, -0.05) is 6.07 Å². The molecular formula is C20H20F3N5. The Bertz CT molecular complexity index is 875. The van der Waals surface area contributed by atoms with Crippen LogP contribution in [-0.4, -0.2) is 40.5 Å². The molecule has 2 aromatic heterocycles. The number of anilines is 1. The average Bonchev–Trinajstić information content (AvgIpc) is 3.09. The molecule has 2 aromatic rings. The van der Waals surface area contributed by atoms with Gasteiger partial charge in [-0.15, -0.1) is 0 Å². The summed E-state index contributed by atoms with van der Waals surface area (Å²) in [7, 11) is 0. The van der Waals surface area contributed by atoms with Crippen LogP contribution in [0.3, 0.4) is 0 Å². The number of hydrogen-bond acceptors (Lipinski definition) is 5. The van der Waals surface area contributed by atoms with Crippen LogP contribution in [0.5, 0.6) is 0 Å². The molecule has 28 heavy (non-hydrogen) atoms. The van der Waals surface area contributed by atoms with Crippen molar-refractivity contribution < 1.29 is 13.2 Å². The van der Waals surface area contributed by atoms with Crippen LogP contribution >= 0.6 is 0 Å². The van der Waals surface area contributed by atoms with E-state index in [0.29, 0.717) is 29.9 Å². The lowest BCUT2D eigenvalue weighted by Gasteiger charge is -2.39. The van der Waals surface area contributed by atoms with Gasteiger partial charge in [0.15, 0.2) is 0 Å². The molecule has 0 saturated carbocycles. The minimum Gasteiger partial charge on any atom is -0.354 e. The van der Waals surface area contributed by atoms with Gasteiger partial charge in [0, 0.05) is 38.1 Å². The summed E-state index contributed by atoms with van der Waals surface area (Å²) in [6.07, 6.45) is 0.710. The van der Waals surface area contributed by atoms with Gasteiger partial charge in [0.05, 0.1) is 5.56 Å². The van der Waals surface area contributed by atoms with Crippen LogP contribution in [0.25, 0.3) is 0 Å². The van der Waals surface area contributed by atoms with Crippen molar-refractivity contribution >= 4 is 5.82 Å². The molecule has 0 N–H and O–H groups in total. The molecule has 2 unspecified atom stereocenters. The number of aromatic nitrogens is 2. The van der Waals surface area contributed by atoms with Crippen molar-refractivity contribution in [3.63, 3.8) is 0 Å². The maximum atomic E-state index is 12.7. The summed E-state index contributed by atoms with van der Waals surface area (Å²) in [5, 5.41) is 9.35. The molecule has 0 radical (unpaired) electrons. The maximum Gasteiger partial charge on any atom is 0.433 e. The van der Waals surface area contributed by atoms with Crippen LogP contribution in [-0.2, 0) is 12.7 Å². The summed E-state index contributed by atoms with van der Waals surface area (Å²) in [6, 6.07) is 8.58. The Hall–Kier alpha value is -2.66. The van der Waals surface area contributed by atoms with Gasteiger partial charge in [-0.25, -0.2) is 4.98 Å². The fourth-order valence-corrected chi connectivity index (χ4v) is 4.27. The zero-order chi connectivity index (χ0) is 19.7. The summed E-state index contributed by atoms with van der Waals surface area (Å²) < 4.78 is 38.1. The molecule has 2 fully saturated rings. The number of alkyl halides is 3. The number of fused-ring (bicyclic) bond motifs is 1. The summed E-state index contributed by atoms with van der Waals surface area (Å²) in [6.45, 7) is 3.12. The second kappa shape index (κ2) is 7.40. The Labute approximate surface area is 161 Å². The molecule has 0 spiro atoms. The standard InChI is InChI=1S/C20H20F3N5/c21-20(22,23)18-4-3-14(11-26-18)12-27-8-5-15-6-9-28(13-17(15)27)19-16(10-24)2-1-7-25-19/h1-4,7,11,15,17H,5-6,8-9,12-13H2. The van der Waals surface area contributed by atoms with Gasteiger partial charge in [-0.05, 0) is 49.1 Å². The number of likely N-dealkylation sites (tertiary alicyclic amines) is 1. The number of halogens is 3. The molecule has 2 saturated heterocycles. The Balaban J connectivity index is 1.48. The molecular weight excluding hydrogens is 367 g/mol. The number of rotatable bonds is 3. The SMILES string of the molecule is N#Cc1cccnc1N1CCC2CCN(Cc3ccc(C(F)(F)F)nc3)C2C1. The molecule has 0 aromatic carbocycles. The average molecular weight is 387 g/mol. The molecule has 2 aliphatic heterocycles. The lowest BCUT2D eigenvalue weighted by Crippen LogP contribution is -2.48. The first kappa shape index (κ1) is 18.7. The first-order chi connectivity index (χ1) is 13.5. The minimum absolute atomic E-state index is 0.296. The van der Waals surface area contributed by atoms with E-state index < -0.39 is 11.9 Å². The zero-order valence-electron chi connectivity index (χ0n) is 15.2. The van der Waals surface area contributed by atoms with Crippen molar-refractivity contribution in [1.29, 1.82) is 5.26 Å². The zero-order valence-corrected chi connectivity index (χ0v) is 15.2. The van der Waals surface area contributed by atoms with Crippen LogP contribution in [0.2, 0.25) is 0 Å². The number of piperidine rings is 1. The molecule has 0 aliphatic carbocycles. The van der Waals surface area contributed by atoms with Gasteiger partial charge in [-0.3, -0.25) is 9.88 Å². The smallest absolute Gasteiger partial charge is 0.354 e. The largest absolute Gasteiger partial charge is 0.433 e. The minimum atomic E-state index is -4.41. The van der Waals surface area contributed by atoms with Crippen molar-refractivity contribution in [3.8, 4) is 6.07 Å². The fraction of sp³-hybridized carbons (Fsp3) is 0.450. The molecule has 2 atom stereocenters. The highest BCUT2D eigenvalue weighted by Crippen LogP contribution is 2.35. The molecule has 0 bridgehead atoms. The second-order valence-corrected chi connectivity index (χ2v) is 7.36. The first-order valence-corrected chi connectivity index (χ1v) is 9.32. The van der Waals surface area contributed by atoms with E-state index in [0.717, 1.165) is 44.1 Å². The highest BCUT2D eigenvalue weighted by Gasteiger charge is 2.39. The van der Waals surface area contributed by atoms with Crippen LogP contribution < -0.4 is 4.90 Å². The van der Waals surface area contributed by atoms with Crippen LogP contribution in [0.1, 0.15) is 29.7 Å². The molecule has 8 heteroatoms. The summed E-state index contributed by atoms with van der Waals surface area (Å²) in [4.78, 5) is 12.4. The number of nitrogens with zero attached hydrogens (tertiary/aromatic N) is 5. The Kier molecular flexibility index (Phi) is 4.94. The monoisotopic (exact) mass is 387 g/mol. The highest BCUT2D eigenvalue weighted by atomic mass is 19.4. The normalized spacial score (nSPS) is 22.7. The summed E-state index contributed by atoms with van der Waals surface area (Å²) >= 11 is 0. The second-order valence-electron chi connectivity index (χ2n) is 7.36. The van der Waals surface area contributed by atoms with Gasteiger partial charge in [-0.2, -0.15) is 18.4 Å². The van der Waals surface area contributed by atoms with Crippen LogP contribution in [0.4, 0.5) is 19.0 Å². The predicted octanol–water partition coefficient (Wildman–Crippen LogP) is 3.47. The molecule has 5 nitrogen and oxygen atoms in total. The van der Waals surface area contributed by atoms with Crippen LogP contribution in [0, 0.1) is 17.2 Å². The van der Waals surface area contributed by atoms with E-state index in [2.05, 4.69) is 25.8 Å². The van der Waals surface area contributed by atoms with Crippen molar-refractivity contribution in [2.24, 2.45) is 5.92 Å². The third kappa shape index (κ3) is 3.67. The summed E-state index contributed by atoms with van der Waals surface area (Å²) in [5.74, 6) is 1.28. The molecule has 4 heterocycles. The number of pyridine rings is 2. The number of hydrogen-bond donors (Lipinski definition) is 0. The predicted molar refractivity (Wildman–Crippen MR) is 97.3 cm³/mol. The topological polar surface area (TPSA) is 56.1 Å². The highest BCUT2D eigenvalue weighted by molar-refractivity contribution is 5.54. The molecule has 4 rings (SSSR count). The van der Waals surface area contributed by atoms with E-state index >= 15 is 0 Å². The third-order valence-electron chi connectivity index (χ3n) is 5.69. The van der Waals surface area contributed by atoms with E-state index in [1.54, 1.807) is 18.3 Å². The van der Waals surface area contributed by atoms with E-state index in [9.17, 15) is 18.4 Å². The Morgan fingerprint density at radius 1 is 1.14 bits per heavy atom. The molecule has 0 amide bonds.